The summed E-state index contributed by atoms with van der Waals surface area (Å²) in [4.78, 5) is 12.5. The lowest BCUT2D eigenvalue weighted by Gasteiger charge is -2.12. The van der Waals surface area contributed by atoms with Crippen molar-refractivity contribution in [3.8, 4) is 11.4 Å². The largest absolute Gasteiger partial charge is 0.496 e. The van der Waals surface area contributed by atoms with Crippen LogP contribution in [0, 0.1) is 0 Å². The van der Waals surface area contributed by atoms with Crippen LogP contribution in [0.2, 0.25) is 0 Å². The zero-order valence-corrected chi connectivity index (χ0v) is 14.4. The molecule has 2 aromatic carbocycles. The van der Waals surface area contributed by atoms with Crippen molar-refractivity contribution in [2.75, 3.05) is 12.4 Å². The van der Waals surface area contributed by atoms with Crippen molar-refractivity contribution < 1.29 is 9.53 Å². The number of carbonyl (C=O) groups is 1. The summed E-state index contributed by atoms with van der Waals surface area (Å²) in [5.74, 6) is 0.605. The van der Waals surface area contributed by atoms with E-state index in [0.29, 0.717) is 22.9 Å². The molecule has 6 heteroatoms. The molecule has 1 N–H and O–H groups in total. The van der Waals surface area contributed by atoms with Gasteiger partial charge < -0.3 is 10.1 Å². The monoisotopic (exact) mass is 336 g/mol. The lowest BCUT2D eigenvalue weighted by atomic mass is 10.1. The van der Waals surface area contributed by atoms with Crippen LogP contribution >= 0.6 is 0 Å². The number of benzene rings is 2. The van der Waals surface area contributed by atoms with Gasteiger partial charge >= 0.3 is 0 Å². The number of amides is 1. The molecular weight excluding hydrogens is 316 g/mol. The average molecular weight is 336 g/mol. The molecule has 128 valence electrons. The molecule has 0 aliphatic heterocycles. The second-order valence-electron chi connectivity index (χ2n) is 5.93. The molecule has 3 aromatic rings. The first-order valence-electron chi connectivity index (χ1n) is 8.05. The highest BCUT2D eigenvalue weighted by Gasteiger charge is 2.13. The van der Waals surface area contributed by atoms with E-state index in [2.05, 4.69) is 29.5 Å². The second kappa shape index (κ2) is 7.17. The zero-order chi connectivity index (χ0) is 17.8. The molecular formula is C19H20N4O2. The number of hydrogen-bond donors (Lipinski definition) is 1. The normalized spacial score (nSPS) is 10.7. The molecule has 0 saturated carbocycles. The third-order valence-corrected chi connectivity index (χ3v) is 3.87. The molecule has 0 bridgehead atoms. The van der Waals surface area contributed by atoms with E-state index in [-0.39, 0.29) is 5.91 Å². The minimum atomic E-state index is -0.225. The average Bonchev–Trinajstić information content (AvgIpc) is 3.12. The summed E-state index contributed by atoms with van der Waals surface area (Å²) >= 11 is 0. The number of nitrogens with zero attached hydrogens (tertiary/aromatic N) is 3. The maximum absolute atomic E-state index is 12.5. The van der Waals surface area contributed by atoms with Crippen molar-refractivity contribution in [2.45, 2.75) is 19.8 Å². The molecule has 0 atom stereocenters. The van der Waals surface area contributed by atoms with Crippen LogP contribution in [0.25, 0.3) is 5.69 Å². The van der Waals surface area contributed by atoms with Gasteiger partial charge in [-0.25, -0.2) is 4.68 Å². The Hall–Kier alpha value is -3.15. The maximum Gasteiger partial charge on any atom is 0.259 e. The fraction of sp³-hybridized carbons (Fsp3) is 0.211. The van der Waals surface area contributed by atoms with Gasteiger partial charge in [0.05, 0.1) is 30.3 Å². The fourth-order valence-electron chi connectivity index (χ4n) is 2.58. The molecule has 0 saturated heterocycles. The first-order valence-corrected chi connectivity index (χ1v) is 8.05. The minimum Gasteiger partial charge on any atom is -0.496 e. The number of hydrogen-bond acceptors (Lipinski definition) is 4. The van der Waals surface area contributed by atoms with Crippen LogP contribution in [-0.4, -0.2) is 28.0 Å². The Morgan fingerprint density at radius 3 is 2.72 bits per heavy atom. The summed E-state index contributed by atoms with van der Waals surface area (Å²) in [5.41, 5.74) is 3.02. The number of carbonyl (C=O) groups excluding carboxylic acids is 1. The maximum atomic E-state index is 12.5. The Kier molecular flexibility index (Phi) is 4.79. The van der Waals surface area contributed by atoms with Gasteiger partial charge in [-0.15, -0.1) is 5.10 Å². The van der Waals surface area contributed by atoms with Crippen LogP contribution in [0.3, 0.4) is 0 Å². The molecule has 0 unspecified atom stereocenters. The van der Waals surface area contributed by atoms with Gasteiger partial charge in [-0.2, -0.15) is 0 Å². The van der Waals surface area contributed by atoms with Crippen molar-refractivity contribution in [3.05, 3.63) is 66.0 Å². The summed E-state index contributed by atoms with van der Waals surface area (Å²) in [6.07, 6.45) is 1.75. The summed E-state index contributed by atoms with van der Waals surface area (Å²) in [6, 6.07) is 14.6. The number of aromatic nitrogens is 3. The summed E-state index contributed by atoms with van der Waals surface area (Å²) in [6.45, 7) is 4.17. The van der Waals surface area contributed by atoms with E-state index in [1.807, 2.05) is 30.3 Å². The van der Waals surface area contributed by atoms with E-state index in [9.17, 15) is 4.79 Å². The molecule has 0 aliphatic carbocycles. The third kappa shape index (κ3) is 3.52. The molecule has 0 spiro atoms. The number of para-hydroxylation sites is 1. The van der Waals surface area contributed by atoms with E-state index in [0.717, 1.165) is 11.4 Å². The molecule has 25 heavy (non-hydrogen) atoms. The van der Waals surface area contributed by atoms with Crippen molar-refractivity contribution in [1.29, 1.82) is 0 Å². The highest BCUT2D eigenvalue weighted by Crippen LogP contribution is 2.22. The van der Waals surface area contributed by atoms with Gasteiger partial charge in [0.25, 0.3) is 5.91 Å². The Morgan fingerprint density at radius 2 is 1.96 bits per heavy atom. The van der Waals surface area contributed by atoms with Gasteiger partial charge in [-0.1, -0.05) is 37.3 Å². The number of ether oxygens (including phenoxy) is 1. The van der Waals surface area contributed by atoms with Crippen molar-refractivity contribution >= 4 is 11.6 Å². The molecule has 3 rings (SSSR count). The Bertz CT molecular complexity index is 886. The first kappa shape index (κ1) is 16.7. The van der Waals surface area contributed by atoms with Gasteiger partial charge in [-0.3, -0.25) is 4.79 Å². The SMILES string of the molecule is COc1ccccc1C(=O)Nc1cccc(-n2nncc2C(C)C)c1. The summed E-state index contributed by atoms with van der Waals surface area (Å²) < 4.78 is 7.03. The quantitative estimate of drug-likeness (QED) is 0.772. The van der Waals surface area contributed by atoms with Crippen molar-refractivity contribution in [2.24, 2.45) is 0 Å². The van der Waals surface area contributed by atoms with Crippen LogP contribution in [0.15, 0.2) is 54.7 Å². The van der Waals surface area contributed by atoms with Crippen LogP contribution in [0.5, 0.6) is 5.75 Å². The van der Waals surface area contributed by atoms with Crippen LogP contribution < -0.4 is 10.1 Å². The Morgan fingerprint density at radius 1 is 1.16 bits per heavy atom. The predicted molar refractivity (Wildman–Crippen MR) is 96.4 cm³/mol. The molecule has 1 amide bonds. The highest BCUT2D eigenvalue weighted by molar-refractivity contribution is 6.06. The molecule has 6 nitrogen and oxygen atoms in total. The van der Waals surface area contributed by atoms with Crippen LogP contribution in [0.1, 0.15) is 35.8 Å². The fourth-order valence-corrected chi connectivity index (χ4v) is 2.58. The molecule has 0 aliphatic rings. The van der Waals surface area contributed by atoms with Crippen molar-refractivity contribution in [1.82, 2.24) is 15.0 Å². The minimum absolute atomic E-state index is 0.225. The van der Waals surface area contributed by atoms with Gasteiger partial charge in [0, 0.05) is 5.69 Å². The molecule has 1 heterocycles. The lowest BCUT2D eigenvalue weighted by molar-refractivity contribution is 0.102. The smallest absolute Gasteiger partial charge is 0.259 e. The topological polar surface area (TPSA) is 69.0 Å². The van der Waals surface area contributed by atoms with Gasteiger partial charge in [0.2, 0.25) is 0 Å². The number of anilines is 1. The number of nitrogens with one attached hydrogen (secondary N) is 1. The highest BCUT2D eigenvalue weighted by atomic mass is 16.5. The first-order chi connectivity index (χ1) is 12.1. The number of rotatable bonds is 5. The molecule has 0 fully saturated rings. The Balaban J connectivity index is 1.87. The third-order valence-electron chi connectivity index (χ3n) is 3.87. The van der Waals surface area contributed by atoms with E-state index in [4.69, 9.17) is 4.74 Å². The van der Waals surface area contributed by atoms with Gasteiger partial charge in [-0.05, 0) is 36.2 Å². The lowest BCUT2D eigenvalue weighted by Crippen LogP contribution is -2.13. The van der Waals surface area contributed by atoms with E-state index >= 15 is 0 Å². The second-order valence-corrected chi connectivity index (χ2v) is 5.93. The zero-order valence-electron chi connectivity index (χ0n) is 14.4. The van der Waals surface area contributed by atoms with Crippen LogP contribution in [-0.2, 0) is 0 Å². The summed E-state index contributed by atoms with van der Waals surface area (Å²) in [7, 11) is 1.55. The van der Waals surface area contributed by atoms with Crippen LogP contribution in [0.4, 0.5) is 5.69 Å². The summed E-state index contributed by atoms with van der Waals surface area (Å²) in [5, 5.41) is 11.0. The Labute approximate surface area is 146 Å². The molecule has 0 radical (unpaired) electrons. The van der Waals surface area contributed by atoms with Gasteiger partial charge in [0.1, 0.15) is 5.75 Å². The predicted octanol–water partition coefficient (Wildman–Crippen LogP) is 3.65. The van der Waals surface area contributed by atoms with E-state index in [1.165, 1.54) is 0 Å². The standard InChI is InChI=1S/C19H20N4O2/c1-13(2)17-12-20-22-23(17)15-8-6-7-14(11-15)21-19(24)16-9-4-5-10-18(16)25-3/h4-13H,1-3H3,(H,21,24). The van der Waals surface area contributed by atoms with Crippen molar-refractivity contribution in [3.63, 3.8) is 0 Å². The van der Waals surface area contributed by atoms with E-state index in [1.54, 1.807) is 36.2 Å². The molecule has 1 aromatic heterocycles. The number of methoxy groups -OCH3 is 1. The van der Waals surface area contributed by atoms with Gasteiger partial charge in [0.15, 0.2) is 0 Å². The van der Waals surface area contributed by atoms with E-state index < -0.39 is 0 Å².